The van der Waals surface area contributed by atoms with Crippen molar-refractivity contribution in [1.82, 2.24) is 0 Å². The van der Waals surface area contributed by atoms with Crippen LogP contribution in [0.1, 0.15) is 29.7 Å². The molecule has 0 amide bonds. The highest BCUT2D eigenvalue weighted by Crippen LogP contribution is 2.29. The van der Waals surface area contributed by atoms with Gasteiger partial charge in [0.15, 0.2) is 11.7 Å². The van der Waals surface area contributed by atoms with E-state index in [9.17, 15) is 9.90 Å². The molecular weight excluding hydrogens is 336 g/mol. The van der Waals surface area contributed by atoms with Crippen molar-refractivity contribution in [2.75, 3.05) is 0 Å². The minimum Gasteiger partial charge on any atom is -0.444 e. The predicted octanol–water partition coefficient (Wildman–Crippen LogP) is 4.23. The van der Waals surface area contributed by atoms with E-state index in [1.54, 1.807) is 0 Å². The normalized spacial score (nSPS) is 11.8. The number of carbonyl (C=O) groups excluding carboxylic acids is 1. The van der Waals surface area contributed by atoms with Crippen molar-refractivity contribution in [2.24, 2.45) is 0 Å². The van der Waals surface area contributed by atoms with E-state index in [0.29, 0.717) is 11.1 Å². The molecule has 134 valence electrons. The molecule has 0 bridgehead atoms. The van der Waals surface area contributed by atoms with Gasteiger partial charge in [0.1, 0.15) is 0 Å². The number of aliphatic hydroxyl groups is 1. The lowest BCUT2D eigenvalue weighted by Gasteiger charge is -2.24. The fourth-order valence-electron chi connectivity index (χ4n) is 2.81. The van der Waals surface area contributed by atoms with E-state index in [-0.39, 0.29) is 0 Å². The Labute approximate surface area is 159 Å². The number of hydrogen-bond acceptors (Lipinski definition) is 3. The van der Waals surface area contributed by atoms with E-state index in [1.807, 2.05) is 91.0 Å². The van der Waals surface area contributed by atoms with Crippen LogP contribution in [0, 0.1) is 11.8 Å². The fraction of sp³-hybridized carbons (Fsp3) is 0.125. The second-order valence-corrected chi connectivity index (χ2v) is 6.11. The van der Waals surface area contributed by atoms with Crippen LogP contribution >= 0.6 is 0 Å². The van der Waals surface area contributed by atoms with Gasteiger partial charge in [-0.15, -0.1) is 0 Å². The Kier molecular flexibility index (Phi) is 5.71. The summed E-state index contributed by atoms with van der Waals surface area (Å²) in [5.41, 5.74) is 0.538. The second-order valence-electron chi connectivity index (χ2n) is 6.11. The summed E-state index contributed by atoms with van der Waals surface area (Å²) in [5.74, 6) is 5.49. The van der Waals surface area contributed by atoms with Gasteiger partial charge in [-0.25, -0.2) is 0 Å². The third-order valence-electron chi connectivity index (χ3n) is 4.15. The van der Waals surface area contributed by atoms with Crippen molar-refractivity contribution in [3.8, 4) is 11.8 Å². The molecule has 27 heavy (non-hydrogen) atoms. The van der Waals surface area contributed by atoms with Crippen LogP contribution in [0.4, 0.5) is 0 Å². The average Bonchev–Trinajstić information content (AvgIpc) is 2.72. The molecule has 0 spiro atoms. The standard InChI is InChI=1S/C24H20O3/c1-19(25)27-23(20-11-5-2-6-12-20)17-18-24(26,21-13-7-3-8-14-21)22-15-9-4-10-16-22/h2-16,23,26H,1H3. The van der Waals surface area contributed by atoms with Crippen molar-refractivity contribution >= 4 is 5.97 Å². The Hall–Kier alpha value is -3.35. The molecule has 3 heteroatoms. The SMILES string of the molecule is CC(=O)OC(C#CC(O)(c1ccccc1)c1ccccc1)c1ccccc1. The Morgan fingerprint density at radius 1 is 0.852 bits per heavy atom. The molecular formula is C24H20O3. The number of carbonyl (C=O) groups is 1. The molecule has 0 saturated heterocycles. The maximum absolute atomic E-state index is 11.5. The van der Waals surface area contributed by atoms with E-state index in [1.165, 1.54) is 6.92 Å². The molecule has 3 aromatic carbocycles. The number of hydrogen-bond donors (Lipinski definition) is 1. The lowest BCUT2D eigenvalue weighted by atomic mass is 9.86. The van der Waals surface area contributed by atoms with Crippen LogP contribution in [0.5, 0.6) is 0 Å². The van der Waals surface area contributed by atoms with Gasteiger partial charge in [-0.2, -0.15) is 0 Å². The zero-order valence-electron chi connectivity index (χ0n) is 15.0. The van der Waals surface area contributed by atoms with Crippen molar-refractivity contribution < 1.29 is 14.6 Å². The maximum Gasteiger partial charge on any atom is 0.304 e. The lowest BCUT2D eigenvalue weighted by molar-refractivity contribution is -0.144. The van der Waals surface area contributed by atoms with Gasteiger partial charge in [-0.3, -0.25) is 4.79 Å². The molecule has 0 heterocycles. The summed E-state index contributed by atoms with van der Waals surface area (Å²) in [5, 5.41) is 11.5. The van der Waals surface area contributed by atoms with Gasteiger partial charge in [0.25, 0.3) is 0 Å². The number of rotatable bonds is 4. The Morgan fingerprint density at radius 3 is 1.74 bits per heavy atom. The van der Waals surface area contributed by atoms with E-state index in [4.69, 9.17) is 4.74 Å². The molecule has 0 radical (unpaired) electrons. The van der Waals surface area contributed by atoms with Crippen molar-refractivity contribution in [3.63, 3.8) is 0 Å². The fourth-order valence-corrected chi connectivity index (χ4v) is 2.81. The molecule has 3 nitrogen and oxygen atoms in total. The van der Waals surface area contributed by atoms with Crippen molar-refractivity contribution in [2.45, 2.75) is 18.6 Å². The Bertz CT molecular complexity index is 899. The molecule has 1 atom stereocenters. The summed E-state index contributed by atoms with van der Waals surface area (Å²) in [6.45, 7) is 1.35. The zero-order chi connectivity index (χ0) is 19.1. The summed E-state index contributed by atoms with van der Waals surface area (Å²) in [6, 6.07) is 27.7. The predicted molar refractivity (Wildman–Crippen MR) is 105 cm³/mol. The first-order valence-corrected chi connectivity index (χ1v) is 8.68. The first kappa shape index (κ1) is 18.4. The summed E-state index contributed by atoms with van der Waals surface area (Å²) >= 11 is 0. The van der Waals surface area contributed by atoms with Crippen LogP contribution in [-0.2, 0) is 15.1 Å². The van der Waals surface area contributed by atoms with Crippen LogP contribution in [0.2, 0.25) is 0 Å². The maximum atomic E-state index is 11.5. The number of ether oxygens (including phenoxy) is 1. The molecule has 3 rings (SSSR count). The minimum atomic E-state index is -1.52. The van der Waals surface area contributed by atoms with Gasteiger partial charge in [0.05, 0.1) is 0 Å². The minimum absolute atomic E-state index is 0.430. The van der Waals surface area contributed by atoms with Crippen LogP contribution < -0.4 is 0 Å². The van der Waals surface area contributed by atoms with Gasteiger partial charge in [-0.1, -0.05) is 96.9 Å². The molecule has 0 fully saturated rings. The van der Waals surface area contributed by atoms with Crippen molar-refractivity contribution in [3.05, 3.63) is 108 Å². The van der Waals surface area contributed by atoms with Crippen LogP contribution in [-0.4, -0.2) is 11.1 Å². The van der Waals surface area contributed by atoms with Gasteiger partial charge in [-0.05, 0) is 5.92 Å². The summed E-state index contributed by atoms with van der Waals surface area (Å²) < 4.78 is 5.38. The highest BCUT2D eigenvalue weighted by Gasteiger charge is 2.29. The van der Waals surface area contributed by atoms with Gasteiger partial charge >= 0.3 is 5.97 Å². The van der Waals surface area contributed by atoms with Gasteiger partial charge in [0.2, 0.25) is 0 Å². The summed E-state index contributed by atoms with van der Waals surface area (Å²) in [6.07, 6.45) is -0.761. The quantitative estimate of drug-likeness (QED) is 0.562. The number of esters is 1. The molecule has 0 aliphatic rings. The molecule has 0 aliphatic carbocycles. The average molecular weight is 356 g/mol. The van der Waals surface area contributed by atoms with Crippen molar-refractivity contribution in [1.29, 1.82) is 0 Å². The molecule has 1 N–H and O–H groups in total. The van der Waals surface area contributed by atoms with Gasteiger partial charge in [0, 0.05) is 23.6 Å². The largest absolute Gasteiger partial charge is 0.444 e. The van der Waals surface area contributed by atoms with Gasteiger partial charge < -0.3 is 9.84 Å². The van der Waals surface area contributed by atoms with Crippen LogP contribution in [0.3, 0.4) is 0 Å². The summed E-state index contributed by atoms with van der Waals surface area (Å²) in [4.78, 5) is 11.5. The molecule has 3 aromatic rings. The first-order chi connectivity index (χ1) is 13.1. The molecule has 0 saturated carbocycles. The highest BCUT2D eigenvalue weighted by atomic mass is 16.5. The lowest BCUT2D eigenvalue weighted by Crippen LogP contribution is -2.25. The Balaban J connectivity index is 2.08. The topological polar surface area (TPSA) is 46.5 Å². The third kappa shape index (κ3) is 4.44. The highest BCUT2D eigenvalue weighted by molar-refractivity contribution is 5.66. The van der Waals surface area contributed by atoms with E-state index in [0.717, 1.165) is 5.56 Å². The molecule has 0 aliphatic heterocycles. The monoisotopic (exact) mass is 356 g/mol. The van der Waals surface area contributed by atoms with Crippen LogP contribution in [0.15, 0.2) is 91.0 Å². The number of benzene rings is 3. The van der Waals surface area contributed by atoms with E-state index in [2.05, 4.69) is 11.8 Å². The molecule has 0 aromatic heterocycles. The summed E-state index contributed by atoms with van der Waals surface area (Å²) in [7, 11) is 0. The first-order valence-electron chi connectivity index (χ1n) is 8.68. The third-order valence-corrected chi connectivity index (χ3v) is 4.15. The Morgan fingerprint density at radius 2 is 1.30 bits per heavy atom. The van der Waals surface area contributed by atoms with E-state index < -0.39 is 17.7 Å². The zero-order valence-corrected chi connectivity index (χ0v) is 15.0. The van der Waals surface area contributed by atoms with Crippen LogP contribution in [0.25, 0.3) is 0 Å². The molecule has 1 unspecified atom stereocenters. The second kappa shape index (κ2) is 8.35. The van der Waals surface area contributed by atoms with E-state index >= 15 is 0 Å². The smallest absolute Gasteiger partial charge is 0.304 e.